The Morgan fingerprint density at radius 3 is 2.37 bits per heavy atom. The van der Waals surface area contributed by atoms with Crippen molar-refractivity contribution in [3.05, 3.63) is 48.0 Å². The molecule has 0 bridgehead atoms. The first-order chi connectivity index (χ1) is 9.30. The highest BCUT2D eigenvalue weighted by atomic mass is 16.5. The first-order valence-corrected chi connectivity index (χ1v) is 6.60. The number of benzene rings is 2. The van der Waals surface area contributed by atoms with Gasteiger partial charge in [0.05, 0.1) is 14.2 Å². The van der Waals surface area contributed by atoms with Crippen molar-refractivity contribution in [1.82, 2.24) is 0 Å². The van der Waals surface area contributed by atoms with Gasteiger partial charge in [-0.25, -0.2) is 0 Å². The zero-order chi connectivity index (χ0) is 13.7. The maximum absolute atomic E-state index is 5.48. The molecule has 0 spiro atoms. The molecule has 2 heteroatoms. The molecule has 0 saturated carbocycles. The van der Waals surface area contributed by atoms with E-state index in [-0.39, 0.29) is 0 Å². The molecule has 2 aromatic carbocycles. The van der Waals surface area contributed by atoms with Crippen LogP contribution in [0.1, 0.15) is 18.9 Å². The second kappa shape index (κ2) is 6.28. The van der Waals surface area contributed by atoms with Gasteiger partial charge in [0.15, 0.2) is 0 Å². The number of ether oxygens (including phenoxy) is 2. The largest absolute Gasteiger partial charge is 0.497 e. The summed E-state index contributed by atoms with van der Waals surface area (Å²) < 4.78 is 10.8. The average molecular weight is 256 g/mol. The summed E-state index contributed by atoms with van der Waals surface area (Å²) in [5.74, 6) is 1.73. The summed E-state index contributed by atoms with van der Waals surface area (Å²) in [4.78, 5) is 0. The van der Waals surface area contributed by atoms with Gasteiger partial charge in [-0.05, 0) is 35.7 Å². The Bertz CT molecular complexity index is 547. The van der Waals surface area contributed by atoms with Crippen LogP contribution < -0.4 is 9.47 Å². The van der Waals surface area contributed by atoms with Crippen LogP contribution in [0.3, 0.4) is 0 Å². The average Bonchev–Trinajstić information content (AvgIpc) is 2.47. The van der Waals surface area contributed by atoms with Crippen molar-refractivity contribution >= 4 is 0 Å². The second-order valence-electron chi connectivity index (χ2n) is 4.47. The van der Waals surface area contributed by atoms with Gasteiger partial charge < -0.3 is 9.47 Å². The zero-order valence-corrected chi connectivity index (χ0v) is 11.8. The van der Waals surface area contributed by atoms with E-state index in [1.165, 1.54) is 11.1 Å². The highest BCUT2D eigenvalue weighted by molar-refractivity contribution is 5.74. The van der Waals surface area contributed by atoms with Gasteiger partial charge in [-0.15, -0.1) is 0 Å². The molecule has 100 valence electrons. The van der Waals surface area contributed by atoms with E-state index in [0.717, 1.165) is 29.9 Å². The van der Waals surface area contributed by atoms with Crippen LogP contribution in [0.5, 0.6) is 11.5 Å². The maximum atomic E-state index is 5.48. The molecule has 0 amide bonds. The highest BCUT2D eigenvalue weighted by Crippen LogP contribution is 2.35. The second-order valence-corrected chi connectivity index (χ2v) is 4.47. The molecule has 2 aromatic rings. The van der Waals surface area contributed by atoms with Crippen molar-refractivity contribution in [2.45, 2.75) is 19.8 Å². The summed E-state index contributed by atoms with van der Waals surface area (Å²) in [5, 5.41) is 0. The Hall–Kier alpha value is -1.96. The van der Waals surface area contributed by atoms with Gasteiger partial charge in [0.1, 0.15) is 11.5 Å². The Kier molecular flexibility index (Phi) is 4.45. The summed E-state index contributed by atoms with van der Waals surface area (Å²) in [5.41, 5.74) is 3.66. The molecule has 0 aliphatic carbocycles. The van der Waals surface area contributed by atoms with Crippen LogP contribution in [0.2, 0.25) is 0 Å². The van der Waals surface area contributed by atoms with E-state index in [1.54, 1.807) is 14.2 Å². The Morgan fingerprint density at radius 1 is 0.895 bits per heavy atom. The summed E-state index contributed by atoms with van der Waals surface area (Å²) in [6, 6.07) is 14.4. The fourth-order valence-electron chi connectivity index (χ4n) is 2.29. The minimum absolute atomic E-state index is 0.849. The lowest BCUT2D eigenvalue weighted by Crippen LogP contribution is -1.94. The quantitative estimate of drug-likeness (QED) is 0.793. The van der Waals surface area contributed by atoms with Gasteiger partial charge in [0.25, 0.3) is 0 Å². The number of hydrogen-bond acceptors (Lipinski definition) is 2. The molecule has 0 heterocycles. The molecule has 0 aromatic heterocycles. The third-order valence-corrected chi connectivity index (χ3v) is 3.23. The molecule has 0 radical (unpaired) electrons. The molecule has 0 saturated heterocycles. The fourth-order valence-corrected chi connectivity index (χ4v) is 2.29. The molecular weight excluding hydrogens is 236 g/mol. The number of rotatable bonds is 5. The molecular formula is C17H20O2. The minimum atomic E-state index is 0.849. The molecule has 0 atom stereocenters. The van der Waals surface area contributed by atoms with Crippen molar-refractivity contribution in [1.29, 1.82) is 0 Å². The third kappa shape index (κ3) is 2.90. The minimum Gasteiger partial charge on any atom is -0.497 e. The summed E-state index contributed by atoms with van der Waals surface area (Å²) in [6.45, 7) is 2.19. The molecule has 2 nitrogen and oxygen atoms in total. The van der Waals surface area contributed by atoms with Crippen molar-refractivity contribution in [3.63, 3.8) is 0 Å². The van der Waals surface area contributed by atoms with Gasteiger partial charge in [-0.2, -0.15) is 0 Å². The first-order valence-electron chi connectivity index (χ1n) is 6.60. The molecule has 0 aliphatic heterocycles. The van der Waals surface area contributed by atoms with Crippen LogP contribution in [0.25, 0.3) is 11.1 Å². The number of aryl methyl sites for hydroxylation is 1. The monoisotopic (exact) mass is 256 g/mol. The lowest BCUT2D eigenvalue weighted by atomic mass is 9.96. The van der Waals surface area contributed by atoms with Crippen LogP contribution in [-0.2, 0) is 6.42 Å². The van der Waals surface area contributed by atoms with E-state index in [2.05, 4.69) is 31.2 Å². The van der Waals surface area contributed by atoms with Gasteiger partial charge in [-0.1, -0.05) is 37.6 Å². The topological polar surface area (TPSA) is 18.5 Å². The fraction of sp³-hybridized carbons (Fsp3) is 0.294. The molecule has 0 fully saturated rings. The van der Waals surface area contributed by atoms with Crippen molar-refractivity contribution in [2.24, 2.45) is 0 Å². The van der Waals surface area contributed by atoms with Crippen LogP contribution in [0.15, 0.2) is 42.5 Å². The van der Waals surface area contributed by atoms with Gasteiger partial charge in [-0.3, -0.25) is 0 Å². The normalized spacial score (nSPS) is 10.3. The molecule has 0 N–H and O–H groups in total. The molecule has 0 aliphatic rings. The molecule has 0 unspecified atom stereocenters. The van der Waals surface area contributed by atoms with E-state index >= 15 is 0 Å². The molecule has 19 heavy (non-hydrogen) atoms. The first kappa shape index (κ1) is 13.5. The smallest absolute Gasteiger partial charge is 0.126 e. The third-order valence-electron chi connectivity index (χ3n) is 3.23. The van der Waals surface area contributed by atoms with Crippen LogP contribution >= 0.6 is 0 Å². The van der Waals surface area contributed by atoms with Crippen LogP contribution in [-0.4, -0.2) is 14.2 Å². The van der Waals surface area contributed by atoms with E-state index < -0.39 is 0 Å². The van der Waals surface area contributed by atoms with E-state index in [0.29, 0.717) is 0 Å². The summed E-state index contributed by atoms with van der Waals surface area (Å²) >= 11 is 0. The van der Waals surface area contributed by atoms with E-state index in [1.807, 2.05) is 18.2 Å². The Balaban J connectivity index is 2.56. The predicted molar refractivity (Wildman–Crippen MR) is 79.0 cm³/mol. The number of methoxy groups -OCH3 is 2. The molecule has 2 rings (SSSR count). The standard InChI is InChI=1S/C17H20O2/c1-4-7-13-8-5-6-9-15(13)16-12-14(18-2)10-11-17(16)19-3/h5-6,8-12H,4,7H2,1-3H3. The van der Waals surface area contributed by atoms with E-state index in [4.69, 9.17) is 9.47 Å². The van der Waals surface area contributed by atoms with Gasteiger partial charge in [0, 0.05) is 5.56 Å². The lowest BCUT2D eigenvalue weighted by molar-refractivity contribution is 0.404. The van der Waals surface area contributed by atoms with Gasteiger partial charge in [0.2, 0.25) is 0 Å². The van der Waals surface area contributed by atoms with E-state index in [9.17, 15) is 0 Å². The summed E-state index contributed by atoms with van der Waals surface area (Å²) in [6.07, 6.45) is 2.19. The van der Waals surface area contributed by atoms with Crippen LogP contribution in [0.4, 0.5) is 0 Å². The maximum Gasteiger partial charge on any atom is 0.126 e. The van der Waals surface area contributed by atoms with Crippen molar-refractivity contribution < 1.29 is 9.47 Å². The predicted octanol–water partition coefficient (Wildman–Crippen LogP) is 4.32. The van der Waals surface area contributed by atoms with Crippen molar-refractivity contribution in [3.8, 4) is 22.6 Å². The highest BCUT2D eigenvalue weighted by Gasteiger charge is 2.10. The zero-order valence-electron chi connectivity index (χ0n) is 11.8. The Labute approximate surface area is 115 Å². The van der Waals surface area contributed by atoms with Crippen LogP contribution in [0, 0.1) is 0 Å². The lowest BCUT2D eigenvalue weighted by Gasteiger charge is -2.14. The van der Waals surface area contributed by atoms with Gasteiger partial charge >= 0.3 is 0 Å². The SMILES string of the molecule is CCCc1ccccc1-c1cc(OC)ccc1OC. The Morgan fingerprint density at radius 2 is 1.68 bits per heavy atom. The van der Waals surface area contributed by atoms with Crippen molar-refractivity contribution in [2.75, 3.05) is 14.2 Å². The summed E-state index contributed by atoms with van der Waals surface area (Å²) in [7, 11) is 3.39. The number of hydrogen-bond donors (Lipinski definition) is 0.